The number of pyridine rings is 1. The number of rotatable bonds is 6. The maximum absolute atomic E-state index is 14.0. The number of nitrogens with zero attached hydrogens (tertiary/aromatic N) is 4. The summed E-state index contributed by atoms with van der Waals surface area (Å²) in [6.07, 6.45) is 3.29. The van der Waals surface area contributed by atoms with Gasteiger partial charge in [0.15, 0.2) is 28.4 Å². The first-order chi connectivity index (χ1) is 15.9. The van der Waals surface area contributed by atoms with Gasteiger partial charge in [0.2, 0.25) is 5.91 Å². The molecule has 0 fully saturated rings. The van der Waals surface area contributed by atoms with Crippen molar-refractivity contribution in [3.8, 4) is 17.1 Å². The van der Waals surface area contributed by atoms with E-state index in [2.05, 4.69) is 20.5 Å². The van der Waals surface area contributed by atoms with E-state index in [0.29, 0.717) is 11.0 Å². The summed E-state index contributed by atoms with van der Waals surface area (Å²) in [4.78, 5) is 16.7. The molecule has 0 aliphatic carbocycles. The van der Waals surface area contributed by atoms with Crippen molar-refractivity contribution in [3.63, 3.8) is 0 Å². The number of hydrogen-bond donors (Lipinski definition) is 1. The van der Waals surface area contributed by atoms with E-state index in [1.807, 2.05) is 35.8 Å². The van der Waals surface area contributed by atoms with Gasteiger partial charge in [-0.05, 0) is 49.7 Å². The van der Waals surface area contributed by atoms with Crippen LogP contribution in [0.15, 0.2) is 66.1 Å². The number of benzene rings is 2. The van der Waals surface area contributed by atoms with Crippen LogP contribution in [0.1, 0.15) is 12.5 Å². The van der Waals surface area contributed by atoms with E-state index < -0.39 is 34.3 Å². The minimum Gasteiger partial charge on any atom is -0.323 e. The molecule has 4 aromatic rings. The van der Waals surface area contributed by atoms with Crippen LogP contribution < -0.4 is 5.32 Å². The van der Waals surface area contributed by atoms with Gasteiger partial charge in [-0.25, -0.2) is 13.2 Å². The lowest BCUT2D eigenvalue weighted by atomic mass is 10.2. The lowest BCUT2D eigenvalue weighted by Gasteiger charge is -2.15. The first-order valence-electron chi connectivity index (χ1n) is 9.89. The number of nitrogens with one attached hydrogen (secondary N) is 1. The van der Waals surface area contributed by atoms with Gasteiger partial charge in [0.1, 0.15) is 0 Å². The van der Waals surface area contributed by atoms with E-state index in [4.69, 9.17) is 0 Å². The Hall–Kier alpha value is -3.66. The number of thioether (sulfide) groups is 1. The number of anilines is 1. The summed E-state index contributed by atoms with van der Waals surface area (Å²) >= 11 is 1.10. The van der Waals surface area contributed by atoms with Gasteiger partial charge in [0.05, 0.1) is 16.6 Å². The van der Waals surface area contributed by atoms with Crippen molar-refractivity contribution >= 4 is 23.4 Å². The second kappa shape index (κ2) is 9.45. The highest BCUT2D eigenvalue weighted by molar-refractivity contribution is 8.00. The monoisotopic (exact) mass is 469 g/mol. The molecule has 4 rings (SSSR count). The smallest absolute Gasteiger partial charge is 0.237 e. The lowest BCUT2D eigenvalue weighted by Crippen LogP contribution is -2.23. The van der Waals surface area contributed by atoms with Crippen LogP contribution in [0.25, 0.3) is 17.1 Å². The topological polar surface area (TPSA) is 72.7 Å². The fourth-order valence-corrected chi connectivity index (χ4v) is 3.99. The number of carbonyl (C=O) groups excluding carboxylic acids is 1. The van der Waals surface area contributed by atoms with Gasteiger partial charge in [-0.2, -0.15) is 0 Å². The predicted molar refractivity (Wildman–Crippen MR) is 120 cm³/mol. The van der Waals surface area contributed by atoms with Crippen LogP contribution >= 0.6 is 11.8 Å². The van der Waals surface area contributed by atoms with Crippen LogP contribution in [-0.2, 0) is 4.79 Å². The van der Waals surface area contributed by atoms with Gasteiger partial charge in [-0.15, -0.1) is 10.2 Å². The van der Waals surface area contributed by atoms with Crippen molar-refractivity contribution in [2.75, 3.05) is 5.32 Å². The fraction of sp³-hybridized carbons (Fsp3) is 0.130. The van der Waals surface area contributed by atoms with Gasteiger partial charge in [0, 0.05) is 18.0 Å². The summed E-state index contributed by atoms with van der Waals surface area (Å²) in [5.74, 6) is -4.47. The minimum absolute atomic E-state index is 0.435. The van der Waals surface area contributed by atoms with E-state index >= 15 is 0 Å². The van der Waals surface area contributed by atoms with Gasteiger partial charge in [-0.1, -0.05) is 30.0 Å². The minimum atomic E-state index is -1.64. The van der Waals surface area contributed by atoms with Crippen LogP contribution in [-0.4, -0.2) is 30.9 Å². The van der Waals surface area contributed by atoms with Gasteiger partial charge >= 0.3 is 0 Å². The number of para-hydroxylation sites is 1. The van der Waals surface area contributed by atoms with Gasteiger partial charge in [0.25, 0.3) is 0 Å². The number of halogens is 3. The summed E-state index contributed by atoms with van der Waals surface area (Å²) in [5, 5.41) is 10.6. The first-order valence-corrected chi connectivity index (χ1v) is 10.8. The van der Waals surface area contributed by atoms with E-state index in [1.165, 1.54) is 0 Å². The van der Waals surface area contributed by atoms with Crippen molar-refractivity contribution in [1.29, 1.82) is 0 Å². The highest BCUT2D eigenvalue weighted by atomic mass is 32.2. The zero-order chi connectivity index (χ0) is 23.5. The molecular weight excluding hydrogens is 451 g/mol. The van der Waals surface area contributed by atoms with Crippen LogP contribution in [0.4, 0.5) is 18.9 Å². The standard InChI is InChI=1S/C23H18F3N5OS/c1-13-5-3-4-6-18(13)31-21(15-9-11-27-12-10-15)29-30-23(31)33-14(2)22(32)28-17-8-7-16(24)19(25)20(17)26/h3-12,14H,1-2H3,(H,28,32). The van der Waals surface area contributed by atoms with Crippen molar-refractivity contribution in [3.05, 3.63) is 83.9 Å². The maximum Gasteiger partial charge on any atom is 0.237 e. The second-order valence-electron chi connectivity index (χ2n) is 7.14. The molecule has 1 atom stereocenters. The molecule has 1 unspecified atom stereocenters. The summed E-state index contributed by atoms with van der Waals surface area (Å²) < 4.78 is 42.5. The number of carbonyl (C=O) groups is 1. The number of aryl methyl sites for hydroxylation is 1. The molecular formula is C23H18F3N5OS. The Labute approximate surface area is 191 Å². The molecule has 0 saturated heterocycles. The highest BCUT2D eigenvalue weighted by Crippen LogP contribution is 2.31. The maximum atomic E-state index is 14.0. The average Bonchev–Trinajstić information content (AvgIpc) is 3.23. The molecule has 6 nitrogen and oxygen atoms in total. The third-order valence-electron chi connectivity index (χ3n) is 4.87. The predicted octanol–water partition coefficient (Wildman–Crippen LogP) is 5.17. The zero-order valence-corrected chi connectivity index (χ0v) is 18.4. The first kappa shape index (κ1) is 22.5. The van der Waals surface area contributed by atoms with Crippen LogP contribution in [0.5, 0.6) is 0 Å². The van der Waals surface area contributed by atoms with Crippen molar-refractivity contribution < 1.29 is 18.0 Å². The summed E-state index contributed by atoms with van der Waals surface area (Å²) in [7, 11) is 0. The molecule has 0 spiro atoms. The Balaban J connectivity index is 1.65. The molecule has 1 amide bonds. The van der Waals surface area contributed by atoms with Crippen molar-refractivity contribution in [2.45, 2.75) is 24.3 Å². The Kier molecular flexibility index (Phi) is 6.45. The van der Waals surface area contributed by atoms with Crippen molar-refractivity contribution in [1.82, 2.24) is 19.7 Å². The third kappa shape index (κ3) is 4.61. The van der Waals surface area contributed by atoms with E-state index in [0.717, 1.165) is 40.7 Å². The highest BCUT2D eigenvalue weighted by Gasteiger charge is 2.24. The fourth-order valence-electron chi connectivity index (χ4n) is 3.13. The molecule has 2 heterocycles. The number of aromatic nitrogens is 4. The average molecular weight is 469 g/mol. The molecule has 2 aromatic carbocycles. The lowest BCUT2D eigenvalue weighted by molar-refractivity contribution is -0.115. The van der Waals surface area contributed by atoms with Crippen LogP contribution in [0, 0.1) is 24.4 Å². The number of amides is 1. The second-order valence-corrected chi connectivity index (χ2v) is 8.44. The Morgan fingerprint density at radius 3 is 2.45 bits per heavy atom. The molecule has 33 heavy (non-hydrogen) atoms. The molecule has 0 saturated carbocycles. The summed E-state index contributed by atoms with van der Waals surface area (Å²) in [5.41, 5.74) is 2.14. The van der Waals surface area contributed by atoms with Gasteiger partial charge < -0.3 is 5.32 Å². The number of hydrogen-bond acceptors (Lipinski definition) is 5. The Morgan fingerprint density at radius 1 is 1.00 bits per heavy atom. The van der Waals surface area contributed by atoms with E-state index in [1.54, 1.807) is 31.5 Å². The molecule has 0 radical (unpaired) electrons. The van der Waals surface area contributed by atoms with E-state index in [9.17, 15) is 18.0 Å². The van der Waals surface area contributed by atoms with Crippen LogP contribution in [0.3, 0.4) is 0 Å². The normalized spacial score (nSPS) is 11.9. The third-order valence-corrected chi connectivity index (χ3v) is 5.92. The van der Waals surface area contributed by atoms with Gasteiger partial charge in [-0.3, -0.25) is 14.3 Å². The van der Waals surface area contributed by atoms with Crippen molar-refractivity contribution in [2.24, 2.45) is 0 Å². The molecule has 1 N–H and O–H groups in total. The Bertz CT molecular complexity index is 1310. The summed E-state index contributed by atoms with van der Waals surface area (Å²) in [6.45, 7) is 3.54. The molecule has 2 aromatic heterocycles. The molecule has 0 aliphatic rings. The molecule has 0 aliphatic heterocycles. The quantitative estimate of drug-likeness (QED) is 0.311. The Morgan fingerprint density at radius 2 is 1.73 bits per heavy atom. The summed E-state index contributed by atoms with van der Waals surface area (Å²) in [6, 6.07) is 13.0. The largest absolute Gasteiger partial charge is 0.323 e. The van der Waals surface area contributed by atoms with E-state index in [-0.39, 0.29) is 0 Å². The zero-order valence-electron chi connectivity index (χ0n) is 17.6. The molecule has 168 valence electrons. The molecule has 10 heteroatoms. The molecule has 0 bridgehead atoms. The van der Waals surface area contributed by atoms with Crippen LogP contribution in [0.2, 0.25) is 0 Å². The SMILES string of the molecule is Cc1ccccc1-n1c(SC(C)C(=O)Nc2ccc(F)c(F)c2F)nnc1-c1ccncc1.